The summed E-state index contributed by atoms with van der Waals surface area (Å²) in [6.07, 6.45) is 3.40. The Morgan fingerprint density at radius 1 is 1.44 bits per heavy atom. The van der Waals surface area contributed by atoms with Crippen LogP contribution in [0.5, 0.6) is 0 Å². The molecule has 0 saturated carbocycles. The van der Waals surface area contributed by atoms with Gasteiger partial charge in [0, 0.05) is 18.2 Å². The molecule has 3 heterocycles. The molecule has 6 nitrogen and oxygen atoms in total. The van der Waals surface area contributed by atoms with Gasteiger partial charge in [0.2, 0.25) is 5.91 Å². The third-order valence-electron chi connectivity index (χ3n) is 2.56. The molecule has 0 radical (unpaired) electrons. The zero-order chi connectivity index (χ0) is 11.1. The number of aromatic nitrogens is 4. The smallest absolute Gasteiger partial charge is 0.229 e. The molecule has 82 valence electrons. The molecular weight excluding hydrogens is 226 g/mol. The lowest BCUT2D eigenvalue weighted by molar-refractivity contribution is -0.117. The zero-order valence-electron chi connectivity index (χ0n) is 8.29. The van der Waals surface area contributed by atoms with E-state index in [1.54, 1.807) is 11.2 Å². The molecule has 1 aliphatic heterocycles. The highest BCUT2D eigenvalue weighted by Crippen LogP contribution is 2.26. The van der Waals surface area contributed by atoms with Gasteiger partial charge in [0.1, 0.15) is 11.8 Å². The van der Waals surface area contributed by atoms with Crippen LogP contribution in [-0.4, -0.2) is 37.6 Å². The van der Waals surface area contributed by atoms with Crippen molar-refractivity contribution in [3.8, 4) is 0 Å². The molecule has 1 aliphatic rings. The van der Waals surface area contributed by atoms with Gasteiger partial charge in [-0.2, -0.15) is 12.6 Å². The Labute approximate surface area is 96.5 Å². The maximum absolute atomic E-state index is 11.7. The molecule has 1 atom stereocenters. The second-order valence-electron chi connectivity index (χ2n) is 3.66. The van der Waals surface area contributed by atoms with Gasteiger partial charge in [-0.15, -0.1) is 0 Å². The Hall–Kier alpha value is -1.63. The molecule has 16 heavy (non-hydrogen) atoms. The Bertz CT molecular complexity index is 554. The number of hydrogen-bond donors (Lipinski definition) is 2. The van der Waals surface area contributed by atoms with E-state index in [0.717, 1.165) is 0 Å². The van der Waals surface area contributed by atoms with Crippen molar-refractivity contribution in [2.45, 2.75) is 11.7 Å². The Morgan fingerprint density at radius 2 is 2.31 bits per heavy atom. The quantitative estimate of drug-likeness (QED) is 0.701. The predicted octanol–water partition coefficient (Wildman–Crippen LogP) is 0.388. The largest absolute Gasteiger partial charge is 0.340 e. The first-order chi connectivity index (χ1) is 7.75. The van der Waals surface area contributed by atoms with Gasteiger partial charge in [-0.25, -0.2) is 15.0 Å². The molecule has 2 aromatic heterocycles. The highest BCUT2D eigenvalue weighted by Gasteiger charge is 2.30. The van der Waals surface area contributed by atoms with Crippen LogP contribution >= 0.6 is 12.6 Å². The maximum atomic E-state index is 11.7. The minimum atomic E-state index is 0.0367. The normalized spacial score (nSPS) is 20.9. The number of carbonyl (C=O) groups is 1. The van der Waals surface area contributed by atoms with E-state index in [9.17, 15) is 4.79 Å². The first-order valence-corrected chi connectivity index (χ1v) is 5.40. The topological polar surface area (TPSA) is 74.8 Å². The summed E-state index contributed by atoms with van der Waals surface area (Å²) in [6.45, 7) is 0.576. The van der Waals surface area contributed by atoms with Crippen molar-refractivity contribution in [3.63, 3.8) is 0 Å². The molecule has 1 saturated heterocycles. The van der Waals surface area contributed by atoms with Crippen LogP contribution in [0.15, 0.2) is 12.7 Å². The molecule has 0 spiro atoms. The van der Waals surface area contributed by atoms with Crippen molar-refractivity contribution in [3.05, 3.63) is 12.7 Å². The van der Waals surface area contributed by atoms with Crippen LogP contribution in [-0.2, 0) is 4.79 Å². The minimum Gasteiger partial charge on any atom is -0.340 e. The average Bonchev–Trinajstić information content (AvgIpc) is 2.84. The molecule has 1 N–H and O–H groups in total. The Morgan fingerprint density at radius 3 is 3.06 bits per heavy atom. The van der Waals surface area contributed by atoms with E-state index in [1.807, 2.05) is 0 Å². The van der Waals surface area contributed by atoms with Gasteiger partial charge in [0.05, 0.1) is 6.33 Å². The van der Waals surface area contributed by atoms with E-state index in [-0.39, 0.29) is 11.2 Å². The lowest BCUT2D eigenvalue weighted by Crippen LogP contribution is -2.26. The fourth-order valence-corrected chi connectivity index (χ4v) is 2.17. The third kappa shape index (κ3) is 1.35. The second kappa shape index (κ2) is 3.44. The lowest BCUT2D eigenvalue weighted by Gasteiger charge is -2.14. The van der Waals surface area contributed by atoms with Crippen molar-refractivity contribution in [2.24, 2.45) is 0 Å². The number of nitrogens with zero attached hydrogens (tertiary/aromatic N) is 4. The van der Waals surface area contributed by atoms with E-state index in [1.165, 1.54) is 6.33 Å². The fraction of sp³-hybridized carbons (Fsp3) is 0.333. The van der Waals surface area contributed by atoms with Crippen LogP contribution in [0.1, 0.15) is 6.42 Å². The summed E-state index contributed by atoms with van der Waals surface area (Å²) < 4.78 is 0. The number of fused-ring (bicyclic) bond motifs is 1. The number of anilines is 1. The first kappa shape index (κ1) is 9.59. The number of H-pyrrole nitrogens is 1. The highest BCUT2D eigenvalue weighted by atomic mass is 32.1. The van der Waals surface area contributed by atoms with Crippen molar-refractivity contribution in [1.82, 2.24) is 19.9 Å². The molecule has 0 bridgehead atoms. The number of carbonyl (C=O) groups excluding carboxylic acids is 1. The van der Waals surface area contributed by atoms with Crippen molar-refractivity contribution in [2.75, 3.05) is 11.4 Å². The van der Waals surface area contributed by atoms with Crippen LogP contribution in [0.3, 0.4) is 0 Å². The van der Waals surface area contributed by atoms with Crippen LogP contribution in [0, 0.1) is 0 Å². The Balaban J connectivity index is 2.12. The molecular formula is C9H9N5OS. The minimum absolute atomic E-state index is 0.0367. The number of amides is 1. The van der Waals surface area contributed by atoms with E-state index < -0.39 is 0 Å². The van der Waals surface area contributed by atoms with E-state index in [4.69, 9.17) is 0 Å². The van der Waals surface area contributed by atoms with Crippen LogP contribution in [0.2, 0.25) is 0 Å². The number of rotatable bonds is 1. The van der Waals surface area contributed by atoms with Crippen LogP contribution in [0.25, 0.3) is 11.2 Å². The highest BCUT2D eigenvalue weighted by molar-refractivity contribution is 7.81. The van der Waals surface area contributed by atoms with Gasteiger partial charge in [-0.1, -0.05) is 0 Å². The molecule has 0 aliphatic carbocycles. The van der Waals surface area contributed by atoms with Crippen molar-refractivity contribution < 1.29 is 4.79 Å². The van der Waals surface area contributed by atoms with Gasteiger partial charge < -0.3 is 4.98 Å². The second-order valence-corrected chi connectivity index (χ2v) is 4.39. The Kier molecular flexibility index (Phi) is 2.06. The predicted molar refractivity (Wildman–Crippen MR) is 61.4 cm³/mol. The summed E-state index contributed by atoms with van der Waals surface area (Å²) in [5.41, 5.74) is 1.26. The number of aromatic amines is 1. The molecule has 1 amide bonds. The maximum Gasteiger partial charge on any atom is 0.229 e. The van der Waals surface area contributed by atoms with Crippen LogP contribution < -0.4 is 4.90 Å². The van der Waals surface area contributed by atoms with Gasteiger partial charge in [0.15, 0.2) is 11.5 Å². The van der Waals surface area contributed by atoms with Gasteiger partial charge in [0.25, 0.3) is 0 Å². The SMILES string of the molecule is O=C1CC(S)CN1c1ncnc2nc[nH]c12. The number of nitrogens with one attached hydrogen (secondary N) is 1. The van der Waals surface area contributed by atoms with E-state index in [0.29, 0.717) is 29.9 Å². The third-order valence-corrected chi connectivity index (χ3v) is 2.91. The number of hydrogen-bond acceptors (Lipinski definition) is 5. The summed E-state index contributed by atoms with van der Waals surface area (Å²) >= 11 is 4.31. The first-order valence-electron chi connectivity index (χ1n) is 4.88. The number of imidazole rings is 1. The zero-order valence-corrected chi connectivity index (χ0v) is 9.19. The lowest BCUT2D eigenvalue weighted by atomic mass is 10.4. The van der Waals surface area contributed by atoms with Gasteiger partial charge in [-0.3, -0.25) is 9.69 Å². The standard InChI is InChI=1S/C9H9N5OS/c15-6-1-5(16)2-14(6)9-7-8(11-3-10-7)12-4-13-9/h3-5,16H,1-2H2,(H,10,11,12,13). The molecule has 0 aromatic carbocycles. The van der Waals surface area contributed by atoms with Gasteiger partial charge in [-0.05, 0) is 0 Å². The van der Waals surface area contributed by atoms with Crippen molar-refractivity contribution in [1.29, 1.82) is 0 Å². The van der Waals surface area contributed by atoms with Gasteiger partial charge >= 0.3 is 0 Å². The summed E-state index contributed by atoms with van der Waals surface area (Å²) in [5, 5.41) is 0.0698. The molecule has 7 heteroatoms. The summed E-state index contributed by atoms with van der Waals surface area (Å²) in [4.78, 5) is 28.5. The monoisotopic (exact) mass is 235 g/mol. The summed E-state index contributed by atoms with van der Waals surface area (Å²) in [6, 6.07) is 0. The molecule has 3 rings (SSSR count). The van der Waals surface area contributed by atoms with E-state index >= 15 is 0 Å². The molecule has 1 fully saturated rings. The summed E-state index contributed by atoms with van der Waals surface area (Å²) in [7, 11) is 0. The molecule has 2 aromatic rings. The van der Waals surface area contributed by atoms with E-state index in [2.05, 4.69) is 32.6 Å². The fourth-order valence-electron chi connectivity index (χ4n) is 1.85. The van der Waals surface area contributed by atoms with Crippen molar-refractivity contribution >= 4 is 35.5 Å². The number of thiol groups is 1. The average molecular weight is 235 g/mol. The summed E-state index contributed by atoms with van der Waals surface area (Å²) in [5.74, 6) is 0.624. The molecule has 1 unspecified atom stereocenters. The van der Waals surface area contributed by atoms with Crippen LogP contribution in [0.4, 0.5) is 5.82 Å².